The third kappa shape index (κ3) is 8.17. The third-order valence-corrected chi connectivity index (χ3v) is 5.34. The summed E-state index contributed by atoms with van der Waals surface area (Å²) in [5.74, 6) is -0.484. The normalized spacial score (nSPS) is 13.1. The number of hydrazone groups is 1. The van der Waals surface area contributed by atoms with Gasteiger partial charge in [0, 0.05) is 15.6 Å². The molecule has 0 heterocycles. The van der Waals surface area contributed by atoms with Crippen LogP contribution in [0.5, 0.6) is 5.75 Å². The van der Waals surface area contributed by atoms with Gasteiger partial charge in [0.05, 0.1) is 16.3 Å². The molecular weight excluding hydrogens is 496 g/mol. The molecule has 0 fully saturated rings. The summed E-state index contributed by atoms with van der Waals surface area (Å²) in [7, 11) is 0. The number of ether oxygens (including phenoxy) is 1. The summed E-state index contributed by atoms with van der Waals surface area (Å²) in [5, 5.41) is 8.26. The van der Waals surface area contributed by atoms with Crippen molar-refractivity contribution in [3.8, 4) is 5.75 Å². The van der Waals surface area contributed by atoms with Gasteiger partial charge >= 0.3 is 0 Å². The van der Waals surface area contributed by atoms with E-state index in [-0.39, 0.29) is 10.9 Å². The van der Waals surface area contributed by atoms with Crippen LogP contribution in [0.3, 0.4) is 0 Å². The first-order valence-corrected chi connectivity index (χ1v) is 11.3. The molecule has 0 saturated heterocycles. The van der Waals surface area contributed by atoms with E-state index < -0.39 is 24.0 Å². The van der Waals surface area contributed by atoms with Gasteiger partial charge < -0.3 is 10.1 Å². The maximum Gasteiger partial charge on any atom is 0.262 e. The van der Waals surface area contributed by atoms with Crippen molar-refractivity contribution in [1.82, 2.24) is 10.7 Å². The molecule has 0 bridgehead atoms. The van der Waals surface area contributed by atoms with E-state index in [4.69, 9.17) is 51.1 Å². The van der Waals surface area contributed by atoms with E-state index in [1.807, 2.05) is 13.8 Å². The van der Waals surface area contributed by atoms with Gasteiger partial charge in [-0.1, -0.05) is 66.3 Å². The van der Waals surface area contributed by atoms with Crippen molar-refractivity contribution in [2.75, 3.05) is 0 Å². The maximum absolute atomic E-state index is 12.6. The van der Waals surface area contributed by atoms with Gasteiger partial charge in [-0.3, -0.25) is 9.59 Å². The van der Waals surface area contributed by atoms with Gasteiger partial charge in [-0.15, -0.1) is 0 Å². The number of amides is 2. The average Bonchev–Trinajstić information content (AvgIpc) is 2.70. The van der Waals surface area contributed by atoms with Crippen molar-refractivity contribution < 1.29 is 14.3 Å². The molecule has 0 spiro atoms. The highest BCUT2D eigenvalue weighted by Crippen LogP contribution is 2.28. The molecule has 2 N–H and O–H groups in total. The van der Waals surface area contributed by atoms with E-state index in [1.165, 1.54) is 12.3 Å². The number of benzene rings is 2. The Morgan fingerprint density at radius 3 is 2.19 bits per heavy atom. The molecule has 0 saturated carbocycles. The zero-order valence-corrected chi connectivity index (χ0v) is 20.7. The second kappa shape index (κ2) is 12.3. The van der Waals surface area contributed by atoms with Gasteiger partial charge in [-0.05, 0) is 49.6 Å². The van der Waals surface area contributed by atoms with E-state index in [9.17, 15) is 9.59 Å². The minimum absolute atomic E-state index is 0.141. The molecule has 0 aliphatic heterocycles. The largest absolute Gasteiger partial charge is 0.479 e. The van der Waals surface area contributed by atoms with Crippen molar-refractivity contribution in [3.63, 3.8) is 0 Å². The Morgan fingerprint density at radius 1 is 0.969 bits per heavy atom. The SMILES string of the molecule is CC(C)C[C@H](NC(=O)[C@H](C)Oc1ccc(Cl)cc1Cl)C(=O)N/N=C\c1ccc(Cl)cc1Cl. The highest BCUT2D eigenvalue weighted by molar-refractivity contribution is 6.36. The number of nitrogens with one attached hydrogen (secondary N) is 2. The number of rotatable bonds is 9. The molecule has 0 aliphatic carbocycles. The lowest BCUT2D eigenvalue weighted by atomic mass is 10.0. The molecule has 2 aromatic rings. The van der Waals surface area contributed by atoms with Crippen LogP contribution >= 0.6 is 46.4 Å². The number of nitrogens with zero attached hydrogens (tertiary/aromatic N) is 1. The smallest absolute Gasteiger partial charge is 0.262 e. The lowest BCUT2D eigenvalue weighted by Crippen LogP contribution is -2.49. The number of hydrogen-bond acceptors (Lipinski definition) is 4. The molecule has 6 nitrogen and oxygen atoms in total. The van der Waals surface area contributed by atoms with E-state index in [0.29, 0.717) is 32.8 Å². The first kappa shape index (κ1) is 26.3. The Labute approximate surface area is 207 Å². The Morgan fingerprint density at radius 2 is 1.59 bits per heavy atom. The predicted molar refractivity (Wildman–Crippen MR) is 130 cm³/mol. The fourth-order valence-corrected chi connectivity index (χ4v) is 3.57. The standard InChI is InChI=1S/C22H23Cl4N3O3/c1-12(2)8-19(22(31)29-27-11-14-4-5-15(23)9-17(14)25)28-21(30)13(3)32-20-7-6-16(24)10-18(20)26/h4-7,9-13,19H,8H2,1-3H3,(H,28,30)(H,29,31)/b27-11-/t13-,19-/m0/s1. The summed E-state index contributed by atoms with van der Waals surface area (Å²) in [4.78, 5) is 25.3. The van der Waals surface area contributed by atoms with Crippen LogP contribution in [0.1, 0.15) is 32.8 Å². The molecule has 32 heavy (non-hydrogen) atoms. The van der Waals surface area contributed by atoms with Crippen LogP contribution in [-0.4, -0.2) is 30.2 Å². The minimum atomic E-state index is -0.896. The predicted octanol–water partition coefficient (Wildman–Crippen LogP) is 5.75. The first-order chi connectivity index (χ1) is 15.1. The zero-order valence-electron chi connectivity index (χ0n) is 17.7. The Hall–Kier alpha value is -1.99. The summed E-state index contributed by atoms with van der Waals surface area (Å²) in [6.07, 6.45) is 0.912. The van der Waals surface area contributed by atoms with Crippen LogP contribution in [0.2, 0.25) is 20.1 Å². The molecular formula is C22H23Cl4N3O3. The van der Waals surface area contributed by atoms with Gasteiger partial charge in [0.15, 0.2) is 6.10 Å². The quantitative estimate of drug-likeness (QED) is 0.327. The number of hydrogen-bond donors (Lipinski definition) is 2. The molecule has 2 atom stereocenters. The molecule has 0 aliphatic rings. The van der Waals surface area contributed by atoms with Crippen LogP contribution in [0, 0.1) is 5.92 Å². The van der Waals surface area contributed by atoms with Crippen molar-refractivity contribution in [1.29, 1.82) is 0 Å². The number of carbonyl (C=O) groups excluding carboxylic acids is 2. The topological polar surface area (TPSA) is 79.8 Å². The fourth-order valence-electron chi connectivity index (χ4n) is 2.66. The van der Waals surface area contributed by atoms with E-state index in [2.05, 4.69) is 15.8 Å². The first-order valence-electron chi connectivity index (χ1n) is 9.77. The Kier molecular flexibility index (Phi) is 10.1. The lowest BCUT2D eigenvalue weighted by Gasteiger charge is -2.22. The highest BCUT2D eigenvalue weighted by atomic mass is 35.5. The molecule has 2 aromatic carbocycles. The van der Waals surface area contributed by atoms with Crippen LogP contribution in [0.15, 0.2) is 41.5 Å². The van der Waals surface area contributed by atoms with Gasteiger partial charge in [-0.25, -0.2) is 5.43 Å². The van der Waals surface area contributed by atoms with Gasteiger partial charge in [0.1, 0.15) is 11.8 Å². The molecule has 0 unspecified atom stereocenters. The third-order valence-electron chi connectivity index (χ3n) is 4.25. The highest BCUT2D eigenvalue weighted by Gasteiger charge is 2.25. The Balaban J connectivity index is 2.02. The minimum Gasteiger partial charge on any atom is -0.479 e. The monoisotopic (exact) mass is 517 g/mol. The fraction of sp³-hybridized carbons (Fsp3) is 0.318. The number of halogens is 4. The van der Waals surface area contributed by atoms with E-state index in [1.54, 1.807) is 37.3 Å². The van der Waals surface area contributed by atoms with Gasteiger partial charge in [-0.2, -0.15) is 5.10 Å². The second-order valence-electron chi connectivity index (χ2n) is 7.43. The zero-order chi connectivity index (χ0) is 23.8. The van der Waals surface area contributed by atoms with Crippen LogP contribution < -0.4 is 15.5 Å². The molecule has 172 valence electrons. The molecule has 0 aromatic heterocycles. The summed E-state index contributed by atoms with van der Waals surface area (Å²) in [6.45, 7) is 5.44. The second-order valence-corrected chi connectivity index (χ2v) is 9.11. The molecule has 2 rings (SSSR count). The van der Waals surface area contributed by atoms with Crippen molar-refractivity contribution in [3.05, 3.63) is 62.1 Å². The van der Waals surface area contributed by atoms with Crippen LogP contribution in [0.4, 0.5) is 0 Å². The average molecular weight is 519 g/mol. The van der Waals surface area contributed by atoms with Crippen molar-refractivity contribution in [2.45, 2.75) is 39.3 Å². The van der Waals surface area contributed by atoms with Gasteiger partial charge in [0.25, 0.3) is 11.8 Å². The van der Waals surface area contributed by atoms with Crippen molar-refractivity contribution >= 4 is 64.4 Å². The summed E-state index contributed by atoms with van der Waals surface area (Å²) in [5.41, 5.74) is 3.02. The number of carbonyl (C=O) groups is 2. The summed E-state index contributed by atoms with van der Waals surface area (Å²) >= 11 is 23.9. The van der Waals surface area contributed by atoms with Crippen molar-refractivity contribution in [2.24, 2.45) is 11.0 Å². The Bertz CT molecular complexity index is 998. The molecule has 10 heteroatoms. The summed E-state index contributed by atoms with van der Waals surface area (Å²) < 4.78 is 5.62. The maximum atomic E-state index is 12.6. The van der Waals surface area contributed by atoms with Crippen LogP contribution in [-0.2, 0) is 9.59 Å². The van der Waals surface area contributed by atoms with E-state index in [0.717, 1.165) is 0 Å². The lowest BCUT2D eigenvalue weighted by molar-refractivity contribution is -0.132. The van der Waals surface area contributed by atoms with E-state index >= 15 is 0 Å². The van der Waals surface area contributed by atoms with Crippen LogP contribution in [0.25, 0.3) is 0 Å². The van der Waals surface area contributed by atoms with Gasteiger partial charge in [0.2, 0.25) is 0 Å². The summed E-state index contributed by atoms with van der Waals surface area (Å²) in [6, 6.07) is 8.79. The molecule has 0 radical (unpaired) electrons. The molecule has 2 amide bonds.